The fourth-order valence-corrected chi connectivity index (χ4v) is 2.28. The first kappa shape index (κ1) is 14.3. The number of rotatable bonds is 5. The summed E-state index contributed by atoms with van der Waals surface area (Å²) in [6, 6.07) is 6.89. The zero-order chi connectivity index (χ0) is 13.1. The number of hydrogen-bond acceptors (Lipinski definition) is 3. The maximum Gasteiger partial charge on any atom is 0.177 e. The van der Waals surface area contributed by atoms with Gasteiger partial charge in [-0.05, 0) is 17.5 Å². The fraction of sp³-hybridized carbons (Fsp3) is 0.500. The van der Waals surface area contributed by atoms with Crippen LogP contribution in [0.1, 0.15) is 13.8 Å². The number of nitrogens with one attached hydrogen (secondary N) is 1. The molecule has 0 saturated carbocycles. The molecule has 1 rings (SSSR count). The minimum absolute atomic E-state index is 0.0772. The Morgan fingerprint density at radius 3 is 2.41 bits per heavy atom. The van der Waals surface area contributed by atoms with Crippen LogP contribution in [-0.4, -0.2) is 27.1 Å². The molecule has 0 spiro atoms. The molecule has 0 bridgehead atoms. The Labute approximate surface area is 108 Å². The van der Waals surface area contributed by atoms with E-state index in [1.165, 1.54) is 6.26 Å². The van der Waals surface area contributed by atoms with E-state index in [9.17, 15) is 8.42 Å². The van der Waals surface area contributed by atoms with E-state index in [-0.39, 0.29) is 5.41 Å². The summed E-state index contributed by atoms with van der Waals surface area (Å²) in [5, 5.41) is 3.15. The minimum Gasteiger partial charge on any atom is -0.383 e. The molecular weight excluding hydrogens is 258 g/mol. The van der Waals surface area contributed by atoms with Crippen molar-refractivity contribution in [3.63, 3.8) is 0 Å². The largest absolute Gasteiger partial charge is 0.383 e. The summed E-state index contributed by atoms with van der Waals surface area (Å²) in [6.45, 7) is 4.68. The van der Waals surface area contributed by atoms with Gasteiger partial charge in [-0.2, -0.15) is 0 Å². The first-order chi connectivity index (χ1) is 7.76. The highest BCUT2D eigenvalue weighted by Crippen LogP contribution is 2.23. The van der Waals surface area contributed by atoms with Crippen molar-refractivity contribution in [3.8, 4) is 0 Å². The monoisotopic (exact) mass is 275 g/mol. The molecule has 0 heterocycles. The predicted octanol–water partition coefficient (Wildman–Crippen LogP) is 2.77. The highest BCUT2D eigenvalue weighted by Gasteiger charge is 2.18. The molecule has 1 aromatic rings. The Balaban J connectivity index is 2.93. The second-order valence-electron chi connectivity index (χ2n) is 4.92. The molecule has 17 heavy (non-hydrogen) atoms. The average molecular weight is 276 g/mol. The second kappa shape index (κ2) is 5.27. The lowest BCUT2D eigenvalue weighted by molar-refractivity contribution is 0.450. The molecule has 0 aliphatic carbocycles. The Kier molecular flexibility index (Phi) is 4.44. The van der Waals surface area contributed by atoms with Crippen LogP contribution in [0.15, 0.2) is 29.2 Å². The summed E-state index contributed by atoms with van der Waals surface area (Å²) in [5.74, 6) is 0.515. The van der Waals surface area contributed by atoms with Gasteiger partial charge in [0.15, 0.2) is 9.84 Å². The average Bonchev–Trinajstić information content (AvgIpc) is 2.26. The lowest BCUT2D eigenvalue weighted by Crippen LogP contribution is -2.25. The zero-order valence-corrected chi connectivity index (χ0v) is 11.9. The van der Waals surface area contributed by atoms with E-state index < -0.39 is 9.84 Å². The first-order valence-electron chi connectivity index (χ1n) is 5.35. The molecule has 0 saturated heterocycles. The van der Waals surface area contributed by atoms with Crippen LogP contribution >= 0.6 is 11.6 Å². The molecule has 3 nitrogen and oxygen atoms in total. The maximum absolute atomic E-state index is 11.6. The normalized spacial score (nSPS) is 12.5. The van der Waals surface area contributed by atoms with Crippen molar-refractivity contribution < 1.29 is 8.42 Å². The van der Waals surface area contributed by atoms with Gasteiger partial charge in [0.25, 0.3) is 0 Å². The SMILES string of the molecule is CC(C)(CCl)CNc1ccccc1S(C)(=O)=O. The van der Waals surface area contributed by atoms with E-state index in [4.69, 9.17) is 11.6 Å². The summed E-state index contributed by atoms with van der Waals surface area (Å²) in [6.07, 6.45) is 1.21. The van der Waals surface area contributed by atoms with Crippen molar-refractivity contribution in [2.24, 2.45) is 5.41 Å². The molecular formula is C12H18ClNO2S. The third kappa shape index (κ3) is 4.21. The highest BCUT2D eigenvalue weighted by atomic mass is 35.5. The number of sulfone groups is 1. The van der Waals surface area contributed by atoms with Gasteiger partial charge >= 0.3 is 0 Å². The summed E-state index contributed by atoms with van der Waals surface area (Å²) < 4.78 is 23.2. The summed E-state index contributed by atoms with van der Waals surface area (Å²) in [7, 11) is -3.20. The van der Waals surface area contributed by atoms with Crippen LogP contribution < -0.4 is 5.32 Å². The van der Waals surface area contributed by atoms with Gasteiger partial charge in [-0.1, -0.05) is 26.0 Å². The van der Waals surface area contributed by atoms with Crippen LogP contribution in [0, 0.1) is 5.41 Å². The molecule has 1 aromatic carbocycles. The fourth-order valence-electron chi connectivity index (χ4n) is 1.32. The molecule has 0 aromatic heterocycles. The van der Waals surface area contributed by atoms with Crippen LogP contribution in [0.4, 0.5) is 5.69 Å². The van der Waals surface area contributed by atoms with Gasteiger partial charge in [-0.25, -0.2) is 8.42 Å². The van der Waals surface area contributed by atoms with Gasteiger partial charge in [0.05, 0.1) is 10.6 Å². The zero-order valence-electron chi connectivity index (χ0n) is 10.3. The van der Waals surface area contributed by atoms with E-state index >= 15 is 0 Å². The second-order valence-corrected chi connectivity index (χ2v) is 7.17. The van der Waals surface area contributed by atoms with Gasteiger partial charge in [0.1, 0.15) is 0 Å². The van der Waals surface area contributed by atoms with Gasteiger partial charge in [-0.15, -0.1) is 11.6 Å². The minimum atomic E-state index is -3.20. The molecule has 96 valence electrons. The molecule has 0 unspecified atom stereocenters. The van der Waals surface area contributed by atoms with Gasteiger partial charge in [0, 0.05) is 18.7 Å². The van der Waals surface area contributed by atoms with Crippen molar-refractivity contribution in [1.29, 1.82) is 0 Å². The van der Waals surface area contributed by atoms with Crippen LogP contribution in [0.5, 0.6) is 0 Å². The van der Waals surface area contributed by atoms with E-state index in [0.29, 0.717) is 23.0 Å². The van der Waals surface area contributed by atoms with Crippen molar-refractivity contribution in [1.82, 2.24) is 0 Å². The first-order valence-corrected chi connectivity index (χ1v) is 7.78. The molecule has 0 aliphatic rings. The Morgan fingerprint density at radius 2 is 1.88 bits per heavy atom. The van der Waals surface area contributed by atoms with Gasteiger partial charge in [-0.3, -0.25) is 0 Å². The van der Waals surface area contributed by atoms with E-state index in [2.05, 4.69) is 5.32 Å². The molecule has 0 radical (unpaired) electrons. The highest BCUT2D eigenvalue weighted by molar-refractivity contribution is 7.90. The van der Waals surface area contributed by atoms with Crippen molar-refractivity contribution in [2.45, 2.75) is 18.7 Å². The lowest BCUT2D eigenvalue weighted by Gasteiger charge is -2.23. The number of hydrogen-bond donors (Lipinski definition) is 1. The van der Waals surface area contributed by atoms with Crippen molar-refractivity contribution in [2.75, 3.05) is 24.0 Å². The number of halogens is 1. The standard InChI is InChI=1S/C12H18ClNO2S/c1-12(2,8-13)9-14-10-6-4-5-7-11(10)17(3,15)16/h4-7,14H,8-9H2,1-3H3. The van der Waals surface area contributed by atoms with E-state index in [1.54, 1.807) is 18.2 Å². The molecule has 5 heteroatoms. The summed E-state index contributed by atoms with van der Waals surface area (Å²) >= 11 is 5.83. The van der Waals surface area contributed by atoms with Crippen molar-refractivity contribution >= 4 is 27.1 Å². The Bertz CT molecular complexity index is 483. The number of para-hydroxylation sites is 1. The summed E-state index contributed by atoms with van der Waals surface area (Å²) in [4.78, 5) is 0.324. The lowest BCUT2D eigenvalue weighted by atomic mass is 9.96. The molecule has 0 aliphatic heterocycles. The van der Waals surface area contributed by atoms with Crippen molar-refractivity contribution in [3.05, 3.63) is 24.3 Å². The molecule has 0 amide bonds. The molecule has 1 N–H and O–H groups in total. The van der Waals surface area contributed by atoms with Gasteiger partial charge < -0.3 is 5.32 Å². The molecule has 0 fully saturated rings. The third-order valence-electron chi connectivity index (χ3n) is 2.41. The van der Waals surface area contributed by atoms with Gasteiger partial charge in [0.2, 0.25) is 0 Å². The third-order valence-corrected chi connectivity index (χ3v) is 4.28. The van der Waals surface area contributed by atoms with Crippen LogP contribution in [-0.2, 0) is 9.84 Å². The van der Waals surface area contributed by atoms with E-state index in [1.807, 2.05) is 19.9 Å². The smallest absolute Gasteiger partial charge is 0.177 e. The Morgan fingerprint density at radius 1 is 1.29 bits per heavy atom. The molecule has 0 atom stereocenters. The summed E-state index contributed by atoms with van der Waals surface area (Å²) in [5.41, 5.74) is 0.555. The van der Waals surface area contributed by atoms with Crippen LogP contribution in [0.2, 0.25) is 0 Å². The quantitative estimate of drug-likeness (QED) is 0.841. The van der Waals surface area contributed by atoms with Crippen LogP contribution in [0.3, 0.4) is 0 Å². The topological polar surface area (TPSA) is 46.2 Å². The number of alkyl halides is 1. The Hall–Kier alpha value is -0.740. The van der Waals surface area contributed by atoms with Crippen LogP contribution in [0.25, 0.3) is 0 Å². The maximum atomic E-state index is 11.6. The van der Waals surface area contributed by atoms with E-state index in [0.717, 1.165) is 0 Å². The predicted molar refractivity (Wildman–Crippen MR) is 72.5 cm³/mol. The number of anilines is 1. The number of benzene rings is 1.